The second-order valence-corrected chi connectivity index (χ2v) is 10.9. The number of hydrogen-bond acceptors (Lipinski definition) is 5. The van der Waals surface area contributed by atoms with E-state index < -0.39 is 0 Å². The highest BCUT2D eigenvalue weighted by Crippen LogP contribution is 2.47. The molecule has 0 radical (unpaired) electrons. The molecule has 3 aliphatic heterocycles. The minimum absolute atomic E-state index is 0.0447. The summed E-state index contributed by atoms with van der Waals surface area (Å²) in [5, 5.41) is 4.38. The fourth-order valence-electron chi connectivity index (χ4n) is 6.04. The van der Waals surface area contributed by atoms with E-state index in [1.165, 1.54) is 11.3 Å². The third-order valence-corrected chi connectivity index (χ3v) is 8.08. The molecule has 1 atom stereocenters. The number of halogens is 1. The van der Waals surface area contributed by atoms with Gasteiger partial charge in [0.25, 0.3) is 0 Å². The van der Waals surface area contributed by atoms with Crippen molar-refractivity contribution < 1.29 is 13.9 Å². The molecule has 39 heavy (non-hydrogen) atoms. The highest BCUT2D eigenvalue weighted by atomic mass is 19.1. The summed E-state index contributed by atoms with van der Waals surface area (Å²) in [4.78, 5) is 6.79. The fraction of sp³-hybridized carbons (Fsp3) is 0.419. The van der Waals surface area contributed by atoms with Crippen molar-refractivity contribution in [2.45, 2.75) is 52.0 Å². The van der Waals surface area contributed by atoms with Gasteiger partial charge in [-0.25, -0.2) is 9.37 Å². The van der Waals surface area contributed by atoms with Gasteiger partial charge in [0.2, 0.25) is 0 Å². The van der Waals surface area contributed by atoms with E-state index in [1.807, 2.05) is 43.3 Å². The number of benzene rings is 2. The van der Waals surface area contributed by atoms with Crippen molar-refractivity contribution in [3.05, 3.63) is 78.8 Å². The van der Waals surface area contributed by atoms with Crippen molar-refractivity contribution in [2.24, 2.45) is 5.92 Å². The van der Waals surface area contributed by atoms with E-state index in [2.05, 4.69) is 56.9 Å². The van der Waals surface area contributed by atoms with E-state index in [9.17, 15) is 4.39 Å². The van der Waals surface area contributed by atoms with Gasteiger partial charge in [0.15, 0.2) is 5.79 Å². The van der Waals surface area contributed by atoms with Gasteiger partial charge < -0.3 is 18.9 Å². The van der Waals surface area contributed by atoms with E-state index in [1.54, 1.807) is 12.1 Å². The molecule has 2 saturated heterocycles. The molecule has 5 heterocycles. The first-order valence-corrected chi connectivity index (χ1v) is 13.9. The highest BCUT2D eigenvalue weighted by Gasteiger charge is 2.38. The second-order valence-electron chi connectivity index (χ2n) is 10.9. The van der Waals surface area contributed by atoms with Crippen LogP contribution in [0.15, 0.2) is 67.4 Å². The predicted octanol–water partition coefficient (Wildman–Crippen LogP) is 6.16. The molecule has 4 aromatic rings. The Labute approximate surface area is 229 Å². The molecule has 0 aliphatic carbocycles. The monoisotopic (exact) mass is 529 g/mol. The van der Waals surface area contributed by atoms with Crippen molar-refractivity contribution in [1.29, 1.82) is 0 Å². The first-order chi connectivity index (χ1) is 18.9. The maximum Gasteiger partial charge on any atom is 0.162 e. The van der Waals surface area contributed by atoms with Gasteiger partial charge in [-0.1, -0.05) is 24.3 Å². The lowest BCUT2D eigenvalue weighted by Crippen LogP contribution is -2.36. The maximum absolute atomic E-state index is 14.8. The Hall–Kier alpha value is -3.49. The average Bonchev–Trinajstić information content (AvgIpc) is 3.75. The summed E-state index contributed by atoms with van der Waals surface area (Å²) in [5.74, 6) is -0.00267. The summed E-state index contributed by atoms with van der Waals surface area (Å²) in [6, 6.07) is 14.2. The normalized spacial score (nSPS) is 19.9. The molecule has 0 amide bonds. The summed E-state index contributed by atoms with van der Waals surface area (Å²) in [6.45, 7) is 10.2. The first kappa shape index (κ1) is 25.8. The van der Waals surface area contributed by atoms with Crippen LogP contribution in [0.4, 0.5) is 10.1 Å². The lowest BCUT2D eigenvalue weighted by molar-refractivity contribution is -0.125. The van der Waals surface area contributed by atoms with Crippen molar-refractivity contribution >= 4 is 5.69 Å². The van der Waals surface area contributed by atoms with Crippen LogP contribution in [0.3, 0.4) is 0 Å². The van der Waals surface area contributed by atoms with Crippen LogP contribution in [0.1, 0.15) is 45.2 Å². The van der Waals surface area contributed by atoms with Crippen LogP contribution in [-0.2, 0) is 16.0 Å². The molecule has 3 aliphatic rings. The summed E-state index contributed by atoms with van der Waals surface area (Å²) in [6.07, 6.45) is 9.79. The quantitative estimate of drug-likeness (QED) is 0.317. The minimum atomic E-state index is -0.306. The molecule has 7 nitrogen and oxygen atoms in total. The topological polar surface area (TPSA) is 57.3 Å². The van der Waals surface area contributed by atoms with Crippen molar-refractivity contribution in [2.75, 3.05) is 31.2 Å². The Balaban J connectivity index is 0.000000346. The molecule has 0 saturated carbocycles. The highest BCUT2D eigenvalue weighted by molar-refractivity contribution is 5.69. The van der Waals surface area contributed by atoms with Gasteiger partial charge in [-0.3, -0.25) is 4.68 Å². The van der Waals surface area contributed by atoms with Crippen molar-refractivity contribution in [3.63, 3.8) is 0 Å². The van der Waals surface area contributed by atoms with Crippen LogP contribution in [0.2, 0.25) is 0 Å². The number of aryl methyl sites for hydroxylation is 1. The number of imidazole rings is 1. The zero-order valence-corrected chi connectivity index (χ0v) is 22.9. The molecular formula is C31H36FN5O2. The first-order valence-electron chi connectivity index (χ1n) is 13.9. The Morgan fingerprint density at radius 3 is 2.36 bits per heavy atom. The Morgan fingerprint density at radius 1 is 0.974 bits per heavy atom. The van der Waals surface area contributed by atoms with Crippen LogP contribution in [0, 0.1) is 11.7 Å². The van der Waals surface area contributed by atoms with Crippen molar-refractivity contribution in [3.8, 4) is 22.4 Å². The van der Waals surface area contributed by atoms with E-state index >= 15 is 0 Å². The van der Waals surface area contributed by atoms with Crippen LogP contribution in [-0.4, -0.2) is 51.4 Å². The maximum atomic E-state index is 14.8. The van der Waals surface area contributed by atoms with Gasteiger partial charge in [0.1, 0.15) is 5.82 Å². The van der Waals surface area contributed by atoms with Gasteiger partial charge in [-0.15, -0.1) is 0 Å². The Bertz CT molecular complexity index is 1410. The molecule has 2 fully saturated rings. The summed E-state index contributed by atoms with van der Waals surface area (Å²) < 4.78 is 29.2. The minimum Gasteiger partial charge on any atom is -0.372 e. The van der Waals surface area contributed by atoms with E-state index in [0.717, 1.165) is 68.1 Å². The molecule has 204 valence electrons. The number of ether oxygens (including phenoxy) is 2. The SMILES string of the molecule is CC1(C)OCCO1.CCn1cc(-c2ccc(N3CCC(C4c5c(F)cccc5-c5cncn54)CC3)cc2)cn1. The molecule has 7 rings (SSSR count). The fourth-order valence-corrected chi connectivity index (χ4v) is 6.04. The van der Waals surface area contributed by atoms with Crippen LogP contribution in [0.25, 0.3) is 22.4 Å². The van der Waals surface area contributed by atoms with Gasteiger partial charge in [0.05, 0.1) is 43.7 Å². The van der Waals surface area contributed by atoms with Gasteiger partial charge in [-0.2, -0.15) is 5.10 Å². The molecule has 2 aromatic heterocycles. The number of aromatic nitrogens is 4. The number of rotatable bonds is 4. The third-order valence-electron chi connectivity index (χ3n) is 8.08. The van der Waals surface area contributed by atoms with E-state index in [0.29, 0.717) is 5.92 Å². The molecular weight excluding hydrogens is 493 g/mol. The smallest absolute Gasteiger partial charge is 0.162 e. The molecule has 1 unspecified atom stereocenters. The zero-order chi connectivity index (χ0) is 27.0. The summed E-state index contributed by atoms with van der Waals surface area (Å²) in [5.41, 5.74) is 6.46. The average molecular weight is 530 g/mol. The molecule has 0 spiro atoms. The molecule has 0 bridgehead atoms. The van der Waals surface area contributed by atoms with Gasteiger partial charge in [0, 0.05) is 48.2 Å². The standard InChI is InChI=1S/C26H26FN5.C5H10O2/c1-2-31-16-20(14-29-31)18-6-8-21(9-7-18)30-12-10-19(11-13-30)26-25-22(4-3-5-23(25)27)24-15-28-17-32(24)26;1-5(2)6-3-4-7-5/h3-9,14-17,19,26H,2,10-13H2,1H3;3-4H2,1-2H3. The van der Waals surface area contributed by atoms with Crippen LogP contribution < -0.4 is 4.90 Å². The van der Waals surface area contributed by atoms with Gasteiger partial charge in [-0.05, 0) is 63.3 Å². The van der Waals surface area contributed by atoms with E-state index in [4.69, 9.17) is 9.47 Å². The Morgan fingerprint density at radius 2 is 1.72 bits per heavy atom. The largest absolute Gasteiger partial charge is 0.372 e. The van der Waals surface area contributed by atoms with Crippen LogP contribution >= 0.6 is 0 Å². The van der Waals surface area contributed by atoms with Gasteiger partial charge >= 0.3 is 0 Å². The Kier molecular flexibility index (Phi) is 6.99. The number of nitrogens with zero attached hydrogens (tertiary/aromatic N) is 5. The summed E-state index contributed by atoms with van der Waals surface area (Å²) >= 11 is 0. The number of piperidine rings is 1. The molecule has 8 heteroatoms. The predicted molar refractivity (Wildman–Crippen MR) is 150 cm³/mol. The third kappa shape index (κ3) is 5.11. The number of hydrogen-bond donors (Lipinski definition) is 0. The number of fused-ring (bicyclic) bond motifs is 3. The lowest BCUT2D eigenvalue weighted by Gasteiger charge is -2.37. The molecule has 0 N–H and O–H groups in total. The molecule has 2 aromatic carbocycles. The second kappa shape index (κ2) is 10.6. The number of anilines is 1. The van der Waals surface area contributed by atoms with Crippen molar-refractivity contribution in [1.82, 2.24) is 19.3 Å². The zero-order valence-electron chi connectivity index (χ0n) is 22.9. The van der Waals surface area contributed by atoms with E-state index in [-0.39, 0.29) is 17.6 Å². The lowest BCUT2D eigenvalue weighted by atomic mass is 9.85. The van der Waals surface area contributed by atoms with Crippen LogP contribution in [0.5, 0.6) is 0 Å². The summed E-state index contributed by atoms with van der Waals surface area (Å²) in [7, 11) is 0.